The summed E-state index contributed by atoms with van der Waals surface area (Å²) in [6, 6.07) is 7.52. The summed E-state index contributed by atoms with van der Waals surface area (Å²) < 4.78 is 0. The first kappa shape index (κ1) is 18.8. The Morgan fingerprint density at radius 2 is 1.63 bits per heavy atom. The van der Waals surface area contributed by atoms with E-state index in [0.29, 0.717) is 31.0 Å². The SMILES string of the molecule is O=C(CCCNC(=O)C12CC3CC(CC(C3)C1)C2)NCc1ccccc1Cl. The molecule has 0 heterocycles. The van der Waals surface area contributed by atoms with E-state index in [1.807, 2.05) is 24.3 Å². The van der Waals surface area contributed by atoms with Crippen molar-refractivity contribution < 1.29 is 9.59 Å². The van der Waals surface area contributed by atoms with Crippen molar-refractivity contribution in [1.82, 2.24) is 10.6 Å². The Morgan fingerprint density at radius 3 is 2.26 bits per heavy atom. The average Bonchev–Trinajstić information content (AvgIpc) is 2.63. The molecule has 0 spiro atoms. The van der Waals surface area contributed by atoms with Gasteiger partial charge in [0.05, 0.1) is 0 Å². The fraction of sp³-hybridized carbons (Fsp3) is 0.636. The summed E-state index contributed by atoms with van der Waals surface area (Å²) in [6.07, 6.45) is 8.39. The number of nitrogens with one attached hydrogen (secondary N) is 2. The monoisotopic (exact) mass is 388 g/mol. The van der Waals surface area contributed by atoms with Gasteiger partial charge >= 0.3 is 0 Å². The zero-order chi connectivity index (χ0) is 18.9. The number of benzene rings is 1. The minimum absolute atomic E-state index is 0.000951. The van der Waals surface area contributed by atoms with Crippen molar-refractivity contribution in [3.8, 4) is 0 Å². The van der Waals surface area contributed by atoms with Crippen LogP contribution >= 0.6 is 11.6 Å². The third-order valence-corrected chi connectivity index (χ3v) is 7.19. The molecule has 4 aliphatic carbocycles. The Kier molecular flexibility index (Phi) is 5.45. The maximum Gasteiger partial charge on any atom is 0.226 e. The maximum absolute atomic E-state index is 12.9. The summed E-state index contributed by atoms with van der Waals surface area (Å²) in [7, 11) is 0. The molecule has 4 aliphatic rings. The van der Waals surface area contributed by atoms with Gasteiger partial charge in [0.25, 0.3) is 0 Å². The van der Waals surface area contributed by atoms with E-state index in [2.05, 4.69) is 10.6 Å². The lowest BCUT2D eigenvalue weighted by molar-refractivity contribution is -0.146. The number of hydrogen-bond acceptors (Lipinski definition) is 2. The first-order chi connectivity index (χ1) is 13.0. The number of rotatable bonds is 7. The molecule has 0 unspecified atom stereocenters. The van der Waals surface area contributed by atoms with Crippen LogP contribution in [0.5, 0.6) is 0 Å². The molecule has 0 aromatic heterocycles. The van der Waals surface area contributed by atoms with E-state index in [1.54, 1.807) is 0 Å². The smallest absolute Gasteiger partial charge is 0.226 e. The maximum atomic E-state index is 12.9. The van der Waals surface area contributed by atoms with Crippen LogP contribution < -0.4 is 10.6 Å². The van der Waals surface area contributed by atoms with E-state index in [0.717, 1.165) is 42.6 Å². The van der Waals surface area contributed by atoms with Crippen LogP contribution in [0.2, 0.25) is 5.02 Å². The fourth-order valence-electron chi connectivity index (χ4n) is 5.95. The quantitative estimate of drug-likeness (QED) is 0.692. The molecular weight excluding hydrogens is 360 g/mol. The zero-order valence-electron chi connectivity index (χ0n) is 15.8. The van der Waals surface area contributed by atoms with E-state index >= 15 is 0 Å². The number of amides is 2. The molecule has 4 saturated carbocycles. The molecule has 27 heavy (non-hydrogen) atoms. The Balaban J connectivity index is 1.17. The van der Waals surface area contributed by atoms with E-state index in [1.165, 1.54) is 19.3 Å². The van der Waals surface area contributed by atoms with E-state index < -0.39 is 0 Å². The van der Waals surface area contributed by atoms with E-state index in [4.69, 9.17) is 11.6 Å². The van der Waals surface area contributed by atoms with Crippen LogP contribution in [0, 0.1) is 23.2 Å². The lowest BCUT2D eigenvalue weighted by Crippen LogP contribution is -2.53. The fourth-order valence-corrected chi connectivity index (χ4v) is 6.15. The molecule has 4 fully saturated rings. The van der Waals surface area contributed by atoms with E-state index in [9.17, 15) is 9.59 Å². The van der Waals surface area contributed by atoms with Gasteiger partial charge in [-0.3, -0.25) is 9.59 Å². The molecule has 0 radical (unpaired) electrons. The van der Waals surface area contributed by atoms with Gasteiger partial charge in [0, 0.05) is 29.9 Å². The molecule has 2 amide bonds. The Labute approximate surface area is 166 Å². The van der Waals surface area contributed by atoms with Crippen molar-refractivity contribution in [3.63, 3.8) is 0 Å². The number of carbonyl (C=O) groups excluding carboxylic acids is 2. The van der Waals surface area contributed by atoms with Gasteiger partial charge in [0.15, 0.2) is 0 Å². The number of hydrogen-bond donors (Lipinski definition) is 2. The van der Waals surface area contributed by atoms with Gasteiger partial charge in [0.2, 0.25) is 11.8 Å². The normalized spacial score (nSPS) is 30.9. The molecule has 5 rings (SSSR count). The van der Waals surface area contributed by atoms with Crippen LogP contribution in [0.3, 0.4) is 0 Å². The summed E-state index contributed by atoms with van der Waals surface area (Å²) in [4.78, 5) is 24.9. The van der Waals surface area contributed by atoms with Crippen LogP contribution in [-0.2, 0) is 16.1 Å². The van der Waals surface area contributed by atoms with Crippen molar-refractivity contribution in [1.29, 1.82) is 0 Å². The lowest BCUT2D eigenvalue weighted by Gasteiger charge is -2.55. The highest BCUT2D eigenvalue weighted by atomic mass is 35.5. The lowest BCUT2D eigenvalue weighted by atomic mass is 9.49. The van der Waals surface area contributed by atoms with Crippen molar-refractivity contribution in [2.75, 3.05) is 6.54 Å². The van der Waals surface area contributed by atoms with Gasteiger partial charge in [-0.25, -0.2) is 0 Å². The van der Waals surface area contributed by atoms with Crippen molar-refractivity contribution in [3.05, 3.63) is 34.9 Å². The van der Waals surface area contributed by atoms with Crippen LogP contribution in [-0.4, -0.2) is 18.4 Å². The molecule has 5 heteroatoms. The first-order valence-electron chi connectivity index (χ1n) is 10.3. The van der Waals surface area contributed by atoms with Gasteiger partial charge in [0.1, 0.15) is 0 Å². The highest BCUT2D eigenvalue weighted by Crippen LogP contribution is 2.60. The Bertz CT molecular complexity index is 683. The van der Waals surface area contributed by atoms with Gasteiger partial charge < -0.3 is 10.6 Å². The molecule has 0 atom stereocenters. The Hall–Kier alpha value is -1.55. The van der Waals surface area contributed by atoms with E-state index in [-0.39, 0.29) is 17.2 Å². The van der Waals surface area contributed by atoms with Gasteiger partial charge in [-0.2, -0.15) is 0 Å². The topological polar surface area (TPSA) is 58.2 Å². The standard InChI is InChI=1S/C22H29ClN2O2/c23-19-5-2-1-4-18(19)14-25-20(26)6-3-7-24-21(27)22-11-15-8-16(12-22)10-17(9-15)13-22/h1-2,4-5,15-17H,3,6-14H2,(H,24,27)(H,25,26). The van der Waals surface area contributed by atoms with Gasteiger partial charge in [-0.15, -0.1) is 0 Å². The second-order valence-corrected chi connectivity index (χ2v) is 9.33. The van der Waals surface area contributed by atoms with Gasteiger partial charge in [-0.1, -0.05) is 29.8 Å². The minimum Gasteiger partial charge on any atom is -0.356 e. The summed E-state index contributed by atoms with van der Waals surface area (Å²) >= 11 is 6.10. The molecule has 146 valence electrons. The molecule has 1 aromatic carbocycles. The number of halogens is 1. The highest BCUT2D eigenvalue weighted by Gasteiger charge is 2.54. The second kappa shape index (κ2) is 7.83. The first-order valence-corrected chi connectivity index (χ1v) is 10.7. The molecule has 4 nitrogen and oxygen atoms in total. The van der Waals surface area contributed by atoms with Crippen LogP contribution in [0.15, 0.2) is 24.3 Å². The van der Waals surface area contributed by atoms with Crippen LogP contribution in [0.4, 0.5) is 0 Å². The van der Waals surface area contributed by atoms with Crippen molar-refractivity contribution in [2.24, 2.45) is 23.2 Å². The summed E-state index contributed by atoms with van der Waals surface area (Å²) in [5, 5.41) is 6.71. The molecule has 0 aliphatic heterocycles. The van der Waals surface area contributed by atoms with Crippen LogP contribution in [0.25, 0.3) is 0 Å². The van der Waals surface area contributed by atoms with Crippen molar-refractivity contribution in [2.45, 2.75) is 57.9 Å². The zero-order valence-corrected chi connectivity index (χ0v) is 16.6. The predicted molar refractivity (Wildman–Crippen MR) is 106 cm³/mol. The summed E-state index contributed by atoms with van der Waals surface area (Å²) in [6.45, 7) is 1.03. The van der Waals surface area contributed by atoms with Crippen molar-refractivity contribution >= 4 is 23.4 Å². The molecule has 1 aromatic rings. The largest absolute Gasteiger partial charge is 0.356 e. The minimum atomic E-state index is -0.0962. The molecular formula is C22H29ClN2O2. The van der Waals surface area contributed by atoms with Gasteiger partial charge in [-0.05, 0) is 74.3 Å². The third kappa shape index (κ3) is 4.16. The van der Waals surface area contributed by atoms with Crippen LogP contribution in [0.1, 0.15) is 56.9 Å². The molecule has 4 bridgehead atoms. The third-order valence-electron chi connectivity index (χ3n) is 6.82. The predicted octanol–water partition coefficient (Wildman–Crippen LogP) is 4.07. The molecule has 0 saturated heterocycles. The highest BCUT2D eigenvalue weighted by molar-refractivity contribution is 6.31. The molecule has 2 N–H and O–H groups in total. The second-order valence-electron chi connectivity index (χ2n) is 8.93. The summed E-state index contributed by atoms with van der Waals surface area (Å²) in [5.41, 5.74) is 0.823. The Morgan fingerprint density at radius 1 is 1.00 bits per heavy atom. The summed E-state index contributed by atoms with van der Waals surface area (Å²) in [5.74, 6) is 2.57. The average molecular weight is 389 g/mol. The number of carbonyl (C=O) groups is 2.